The fourth-order valence-corrected chi connectivity index (χ4v) is 4.68. The van der Waals surface area contributed by atoms with Gasteiger partial charge in [0.1, 0.15) is 11.8 Å². The van der Waals surface area contributed by atoms with Gasteiger partial charge < -0.3 is 9.30 Å². The van der Waals surface area contributed by atoms with Gasteiger partial charge in [0.2, 0.25) is 0 Å². The number of aromatic nitrogens is 1. The van der Waals surface area contributed by atoms with E-state index in [1.54, 1.807) is 11.9 Å². The van der Waals surface area contributed by atoms with Crippen molar-refractivity contribution in [2.45, 2.75) is 63.4 Å². The molecular weight excluding hydrogens is 390 g/mol. The zero-order valence-electron chi connectivity index (χ0n) is 17.9. The van der Waals surface area contributed by atoms with Crippen LogP contribution in [0.4, 0.5) is 0 Å². The van der Waals surface area contributed by atoms with Crippen LogP contribution >= 0.6 is 11.9 Å². The maximum absolute atomic E-state index is 10.1. The van der Waals surface area contributed by atoms with E-state index in [2.05, 4.69) is 59.5 Å². The number of nitriles is 1. The van der Waals surface area contributed by atoms with E-state index in [9.17, 15) is 5.26 Å². The maximum atomic E-state index is 10.1. The Kier molecular flexibility index (Phi) is 6.36. The lowest BCUT2D eigenvalue weighted by atomic mass is 9.92. The van der Waals surface area contributed by atoms with Gasteiger partial charge in [-0.05, 0) is 81.3 Å². The summed E-state index contributed by atoms with van der Waals surface area (Å²) in [6, 6.07) is 18.1. The first-order valence-corrected chi connectivity index (χ1v) is 11.7. The molecule has 0 radical (unpaired) electrons. The number of nitrogens with one attached hydrogen (secondary N) is 1. The van der Waals surface area contributed by atoms with Crippen molar-refractivity contribution in [1.29, 1.82) is 5.26 Å². The fourth-order valence-electron chi connectivity index (χ4n) is 3.90. The molecule has 3 aromatic rings. The third kappa shape index (κ3) is 3.95. The third-order valence-electron chi connectivity index (χ3n) is 5.96. The summed E-state index contributed by atoms with van der Waals surface area (Å²) in [6.07, 6.45) is 4.66. The Labute approximate surface area is 183 Å². The summed E-state index contributed by atoms with van der Waals surface area (Å²) in [5.41, 5.74) is 4.00. The van der Waals surface area contributed by atoms with Gasteiger partial charge in [0.25, 0.3) is 0 Å². The minimum atomic E-state index is 0.447. The van der Waals surface area contributed by atoms with E-state index in [4.69, 9.17) is 4.74 Å². The number of rotatable bonds is 8. The van der Waals surface area contributed by atoms with Crippen molar-refractivity contribution in [3.8, 4) is 23.1 Å². The quantitative estimate of drug-likeness (QED) is 0.413. The van der Waals surface area contributed by atoms with Crippen LogP contribution in [0.25, 0.3) is 22.2 Å². The van der Waals surface area contributed by atoms with Crippen LogP contribution in [0.1, 0.15) is 58.1 Å². The molecule has 0 bridgehead atoms. The fraction of sp³-hybridized carbons (Fsp3) is 0.400. The maximum Gasteiger partial charge on any atom is 0.121 e. The second-order valence-electron chi connectivity index (χ2n) is 7.96. The summed E-state index contributed by atoms with van der Waals surface area (Å²) in [5.74, 6) is 0.863. The first-order chi connectivity index (χ1) is 14.7. The zero-order valence-corrected chi connectivity index (χ0v) is 18.8. The largest absolute Gasteiger partial charge is 0.494 e. The molecule has 1 fully saturated rings. The van der Waals surface area contributed by atoms with Crippen molar-refractivity contribution < 1.29 is 4.74 Å². The number of hydrogen-bond acceptors (Lipinski definition) is 4. The molecule has 1 aliphatic rings. The van der Waals surface area contributed by atoms with Crippen LogP contribution in [-0.4, -0.2) is 17.2 Å². The van der Waals surface area contributed by atoms with E-state index in [1.807, 2.05) is 19.1 Å². The van der Waals surface area contributed by atoms with Crippen LogP contribution in [-0.2, 0) is 0 Å². The van der Waals surface area contributed by atoms with Gasteiger partial charge in [-0.1, -0.05) is 19.1 Å². The zero-order chi connectivity index (χ0) is 21.1. The molecule has 1 N–H and O–H groups in total. The summed E-state index contributed by atoms with van der Waals surface area (Å²) in [6.45, 7) is 7.00. The Morgan fingerprint density at radius 2 is 1.97 bits per heavy atom. The topological polar surface area (TPSA) is 50.0 Å². The predicted molar refractivity (Wildman–Crippen MR) is 125 cm³/mol. The van der Waals surface area contributed by atoms with E-state index in [1.165, 1.54) is 11.3 Å². The lowest BCUT2D eigenvalue weighted by Gasteiger charge is -2.30. The molecule has 30 heavy (non-hydrogen) atoms. The molecule has 1 saturated carbocycles. The van der Waals surface area contributed by atoms with Gasteiger partial charge in [-0.25, -0.2) is 0 Å². The second-order valence-corrected chi connectivity index (χ2v) is 8.87. The molecule has 4 nitrogen and oxygen atoms in total. The van der Waals surface area contributed by atoms with Crippen molar-refractivity contribution in [2.24, 2.45) is 0 Å². The van der Waals surface area contributed by atoms with Crippen molar-refractivity contribution in [1.82, 2.24) is 9.29 Å². The van der Waals surface area contributed by atoms with E-state index in [0.717, 1.165) is 52.7 Å². The van der Waals surface area contributed by atoms with Crippen LogP contribution in [0.3, 0.4) is 0 Å². The first-order valence-electron chi connectivity index (χ1n) is 10.9. The number of ether oxygens (including phenoxy) is 1. The highest BCUT2D eigenvalue weighted by Gasteiger charge is 2.28. The average molecular weight is 420 g/mol. The first kappa shape index (κ1) is 20.8. The molecule has 1 atom stereocenters. The highest BCUT2D eigenvalue weighted by Crippen LogP contribution is 2.43. The molecular formula is C25H29N3OS. The number of fused-ring (bicyclic) bond motifs is 1. The lowest BCUT2D eigenvalue weighted by Crippen LogP contribution is -2.18. The van der Waals surface area contributed by atoms with Crippen molar-refractivity contribution in [3.63, 3.8) is 0 Å². The normalized spacial score (nSPS) is 15.0. The van der Waals surface area contributed by atoms with Crippen LogP contribution in [0, 0.1) is 11.3 Å². The van der Waals surface area contributed by atoms with Gasteiger partial charge in [0.05, 0.1) is 23.4 Å². The van der Waals surface area contributed by atoms with E-state index < -0.39 is 0 Å². The van der Waals surface area contributed by atoms with Crippen LogP contribution in [0.15, 0.2) is 47.4 Å². The van der Waals surface area contributed by atoms with Gasteiger partial charge in [0.15, 0.2) is 0 Å². The van der Waals surface area contributed by atoms with Gasteiger partial charge in [0, 0.05) is 28.4 Å². The molecule has 1 aliphatic carbocycles. The molecule has 2 aromatic carbocycles. The molecule has 1 aromatic heterocycles. The summed E-state index contributed by atoms with van der Waals surface area (Å²) >= 11 is 1.67. The average Bonchev–Trinajstić information content (AvgIpc) is 3.04. The molecule has 0 aliphatic heterocycles. The summed E-state index contributed by atoms with van der Waals surface area (Å²) in [4.78, 5) is 1.18. The Balaban J connectivity index is 1.78. The van der Waals surface area contributed by atoms with Crippen LogP contribution in [0.5, 0.6) is 5.75 Å². The second kappa shape index (κ2) is 9.16. The lowest BCUT2D eigenvalue weighted by molar-refractivity contribution is 0.322. The molecule has 0 amide bonds. The van der Waals surface area contributed by atoms with E-state index in [-0.39, 0.29) is 0 Å². The van der Waals surface area contributed by atoms with Crippen molar-refractivity contribution >= 4 is 22.9 Å². The van der Waals surface area contributed by atoms with Gasteiger partial charge in [-0.15, -0.1) is 0 Å². The molecule has 4 rings (SSSR count). The minimum Gasteiger partial charge on any atom is -0.494 e. The Morgan fingerprint density at radius 1 is 1.20 bits per heavy atom. The van der Waals surface area contributed by atoms with Gasteiger partial charge in [-0.2, -0.15) is 5.26 Å². The van der Waals surface area contributed by atoms with Gasteiger partial charge >= 0.3 is 0 Å². The standard InChI is InChI=1S/C25H29N3OS/c1-4-17(3)27-30-21-12-9-18(10-13-21)25-23(16-26)22-14-11-20(29-5-2)15-24(22)28(25)19-7-6-8-19/h9-15,17,19,27H,4-8H2,1-3H3. The molecule has 5 heteroatoms. The molecule has 156 valence electrons. The third-order valence-corrected chi connectivity index (χ3v) is 6.98. The summed E-state index contributed by atoms with van der Waals surface area (Å²) in [5, 5.41) is 11.1. The molecule has 0 spiro atoms. The monoisotopic (exact) mass is 419 g/mol. The molecule has 1 unspecified atom stereocenters. The van der Waals surface area contributed by atoms with Gasteiger partial charge in [-0.3, -0.25) is 4.72 Å². The number of benzene rings is 2. The smallest absolute Gasteiger partial charge is 0.121 e. The predicted octanol–water partition coefficient (Wildman–Crippen LogP) is 6.70. The molecule has 1 heterocycles. The minimum absolute atomic E-state index is 0.447. The molecule has 0 saturated heterocycles. The SMILES string of the molecule is CCOc1ccc2c(C#N)c(-c3ccc(SNC(C)CC)cc3)n(C3CCC3)c2c1. The van der Waals surface area contributed by atoms with E-state index in [0.29, 0.717) is 18.7 Å². The van der Waals surface area contributed by atoms with Crippen LogP contribution < -0.4 is 9.46 Å². The highest BCUT2D eigenvalue weighted by molar-refractivity contribution is 7.97. The summed E-state index contributed by atoms with van der Waals surface area (Å²) in [7, 11) is 0. The van der Waals surface area contributed by atoms with Crippen molar-refractivity contribution in [3.05, 3.63) is 48.0 Å². The number of hydrogen-bond donors (Lipinski definition) is 1. The Bertz CT molecular complexity index is 1060. The highest BCUT2D eigenvalue weighted by atomic mass is 32.2. The summed E-state index contributed by atoms with van der Waals surface area (Å²) < 4.78 is 11.6. The Morgan fingerprint density at radius 3 is 2.57 bits per heavy atom. The Hall–Kier alpha value is -2.42. The van der Waals surface area contributed by atoms with Crippen molar-refractivity contribution in [2.75, 3.05) is 6.61 Å². The van der Waals surface area contributed by atoms with E-state index >= 15 is 0 Å². The van der Waals surface area contributed by atoms with Crippen LogP contribution in [0.2, 0.25) is 0 Å². The number of nitrogens with zero attached hydrogens (tertiary/aromatic N) is 2.